The van der Waals surface area contributed by atoms with Crippen LogP contribution in [0.4, 0.5) is 4.39 Å². The molecule has 0 saturated carbocycles. The second-order valence-electron chi connectivity index (χ2n) is 5.08. The first-order valence-corrected chi connectivity index (χ1v) is 7.43. The molecule has 19 heavy (non-hydrogen) atoms. The van der Waals surface area contributed by atoms with Crippen molar-refractivity contribution in [2.45, 2.75) is 32.2 Å². The molecule has 2 aromatic rings. The fourth-order valence-corrected chi connectivity index (χ4v) is 3.92. The molecule has 1 aromatic carbocycles. The number of hydrogen-bond donors (Lipinski definition) is 1. The molecule has 0 fully saturated rings. The number of fused-ring (bicyclic) bond motifs is 1. The first kappa shape index (κ1) is 12.8. The number of halogens is 1. The van der Waals surface area contributed by atoms with E-state index in [1.54, 1.807) is 23.5 Å². The first-order chi connectivity index (χ1) is 9.17. The predicted octanol–water partition coefficient (Wildman–Crippen LogP) is 3.85. The van der Waals surface area contributed by atoms with Gasteiger partial charge in [-0.05, 0) is 57.0 Å². The molecular weight excluding hydrogens is 259 g/mol. The van der Waals surface area contributed by atoms with Gasteiger partial charge in [-0.2, -0.15) is 0 Å². The van der Waals surface area contributed by atoms with Crippen LogP contribution in [0.1, 0.15) is 35.0 Å². The maximum atomic E-state index is 13.5. The Kier molecular flexibility index (Phi) is 3.37. The third-order valence-electron chi connectivity index (χ3n) is 3.59. The zero-order valence-electron chi connectivity index (χ0n) is 11.2. The van der Waals surface area contributed by atoms with Crippen molar-refractivity contribution in [1.82, 2.24) is 10.3 Å². The molecule has 0 amide bonds. The van der Waals surface area contributed by atoms with Gasteiger partial charge in [-0.1, -0.05) is 0 Å². The Morgan fingerprint density at radius 3 is 2.95 bits per heavy atom. The van der Waals surface area contributed by atoms with Crippen molar-refractivity contribution in [3.8, 4) is 10.6 Å². The van der Waals surface area contributed by atoms with E-state index < -0.39 is 0 Å². The Morgan fingerprint density at radius 2 is 2.21 bits per heavy atom. The van der Waals surface area contributed by atoms with Crippen LogP contribution in [0, 0.1) is 12.7 Å². The zero-order chi connectivity index (χ0) is 13.4. The monoisotopic (exact) mass is 276 g/mol. The third kappa shape index (κ3) is 2.42. The molecule has 0 radical (unpaired) electrons. The molecule has 0 bridgehead atoms. The largest absolute Gasteiger partial charge is 0.312 e. The van der Waals surface area contributed by atoms with Crippen molar-refractivity contribution in [3.05, 3.63) is 40.2 Å². The van der Waals surface area contributed by atoms with Gasteiger partial charge in [-0.25, -0.2) is 9.37 Å². The molecule has 1 unspecified atom stereocenters. The fourth-order valence-electron chi connectivity index (χ4n) is 2.68. The average Bonchev–Trinajstić information content (AvgIpc) is 2.81. The fraction of sp³-hybridized carbons (Fsp3) is 0.400. The van der Waals surface area contributed by atoms with E-state index in [0.717, 1.165) is 29.0 Å². The molecule has 0 spiro atoms. The van der Waals surface area contributed by atoms with Crippen LogP contribution in [-0.4, -0.2) is 12.0 Å². The Hall–Kier alpha value is -1.26. The lowest BCUT2D eigenvalue weighted by Crippen LogP contribution is -2.19. The number of benzene rings is 1. The van der Waals surface area contributed by atoms with Crippen molar-refractivity contribution in [1.29, 1.82) is 0 Å². The lowest BCUT2D eigenvalue weighted by molar-refractivity contribution is 0.501. The minimum atomic E-state index is -0.187. The minimum absolute atomic E-state index is 0.187. The highest BCUT2D eigenvalue weighted by Crippen LogP contribution is 2.38. The van der Waals surface area contributed by atoms with Gasteiger partial charge in [-0.15, -0.1) is 11.3 Å². The number of aromatic nitrogens is 1. The molecule has 3 rings (SSSR count). The van der Waals surface area contributed by atoms with Crippen LogP contribution in [0.3, 0.4) is 0 Å². The Morgan fingerprint density at radius 1 is 1.37 bits per heavy atom. The highest BCUT2D eigenvalue weighted by molar-refractivity contribution is 7.15. The van der Waals surface area contributed by atoms with Crippen LogP contribution in [0.25, 0.3) is 10.6 Å². The van der Waals surface area contributed by atoms with E-state index in [-0.39, 0.29) is 5.82 Å². The van der Waals surface area contributed by atoms with E-state index in [1.807, 2.05) is 20.0 Å². The molecular formula is C15H17FN2S. The van der Waals surface area contributed by atoms with Gasteiger partial charge in [0.05, 0.1) is 5.69 Å². The summed E-state index contributed by atoms with van der Waals surface area (Å²) >= 11 is 1.70. The third-order valence-corrected chi connectivity index (χ3v) is 4.85. The van der Waals surface area contributed by atoms with E-state index in [4.69, 9.17) is 4.98 Å². The second kappa shape index (κ2) is 5.02. The summed E-state index contributed by atoms with van der Waals surface area (Å²) in [5, 5.41) is 4.28. The van der Waals surface area contributed by atoms with Gasteiger partial charge in [0, 0.05) is 16.5 Å². The Bertz CT molecular complexity index is 586. The summed E-state index contributed by atoms with van der Waals surface area (Å²) < 4.78 is 13.5. The minimum Gasteiger partial charge on any atom is -0.312 e. The van der Waals surface area contributed by atoms with Crippen molar-refractivity contribution in [3.63, 3.8) is 0 Å². The smallest absolute Gasteiger partial charge is 0.124 e. The van der Waals surface area contributed by atoms with Gasteiger partial charge in [0.2, 0.25) is 0 Å². The van der Waals surface area contributed by atoms with Gasteiger partial charge in [0.25, 0.3) is 0 Å². The molecule has 1 heterocycles. The molecule has 1 aliphatic carbocycles. The topological polar surface area (TPSA) is 24.9 Å². The molecule has 100 valence electrons. The number of nitrogens with zero attached hydrogens (tertiary/aromatic N) is 1. The van der Waals surface area contributed by atoms with Crippen LogP contribution >= 0.6 is 11.3 Å². The summed E-state index contributed by atoms with van der Waals surface area (Å²) in [7, 11) is 1.99. The molecule has 1 aromatic heterocycles. The van der Waals surface area contributed by atoms with Crippen molar-refractivity contribution in [2.24, 2.45) is 0 Å². The SMILES string of the molecule is CNC1CCCc2nc(-c3cc(C)cc(F)c3)sc21. The van der Waals surface area contributed by atoms with E-state index >= 15 is 0 Å². The van der Waals surface area contributed by atoms with Gasteiger partial charge < -0.3 is 5.32 Å². The number of aryl methyl sites for hydroxylation is 2. The Labute approximate surface area is 116 Å². The van der Waals surface area contributed by atoms with Gasteiger partial charge in [-0.3, -0.25) is 0 Å². The van der Waals surface area contributed by atoms with Gasteiger partial charge >= 0.3 is 0 Å². The highest BCUT2D eigenvalue weighted by atomic mass is 32.1. The standard InChI is InChI=1S/C15H17FN2S/c1-9-6-10(8-11(16)7-9)15-18-13-5-3-4-12(17-2)14(13)19-15/h6-8,12,17H,3-5H2,1-2H3. The molecule has 0 saturated heterocycles. The van der Waals surface area contributed by atoms with Crippen LogP contribution in [0.15, 0.2) is 18.2 Å². The molecule has 4 heteroatoms. The maximum Gasteiger partial charge on any atom is 0.124 e. The number of nitrogens with one attached hydrogen (secondary N) is 1. The second-order valence-corrected chi connectivity index (χ2v) is 6.11. The number of thiazole rings is 1. The quantitative estimate of drug-likeness (QED) is 0.901. The highest BCUT2D eigenvalue weighted by Gasteiger charge is 2.23. The summed E-state index contributed by atoms with van der Waals surface area (Å²) in [5.41, 5.74) is 3.02. The predicted molar refractivity (Wildman–Crippen MR) is 77.0 cm³/mol. The lowest BCUT2D eigenvalue weighted by Gasteiger charge is -2.19. The van der Waals surface area contributed by atoms with Crippen LogP contribution in [0.5, 0.6) is 0 Å². The molecule has 2 nitrogen and oxygen atoms in total. The van der Waals surface area contributed by atoms with E-state index in [2.05, 4.69) is 5.32 Å². The van der Waals surface area contributed by atoms with Crippen LogP contribution in [0.2, 0.25) is 0 Å². The van der Waals surface area contributed by atoms with Gasteiger partial charge in [0.1, 0.15) is 10.8 Å². The average molecular weight is 276 g/mol. The molecule has 0 aliphatic heterocycles. The number of hydrogen-bond acceptors (Lipinski definition) is 3. The summed E-state index contributed by atoms with van der Waals surface area (Å²) in [6.07, 6.45) is 3.37. The zero-order valence-corrected chi connectivity index (χ0v) is 12.0. The van der Waals surface area contributed by atoms with Crippen molar-refractivity contribution < 1.29 is 4.39 Å². The van der Waals surface area contributed by atoms with Crippen molar-refractivity contribution in [2.75, 3.05) is 7.05 Å². The van der Waals surface area contributed by atoms with Crippen LogP contribution < -0.4 is 5.32 Å². The van der Waals surface area contributed by atoms with Gasteiger partial charge in [0.15, 0.2) is 0 Å². The van der Waals surface area contributed by atoms with Crippen LogP contribution in [-0.2, 0) is 6.42 Å². The van der Waals surface area contributed by atoms with E-state index in [9.17, 15) is 4.39 Å². The lowest BCUT2D eigenvalue weighted by atomic mass is 9.98. The maximum absolute atomic E-state index is 13.5. The summed E-state index contributed by atoms with van der Waals surface area (Å²) in [5.74, 6) is -0.187. The molecule has 1 atom stereocenters. The van der Waals surface area contributed by atoms with E-state index in [0.29, 0.717) is 6.04 Å². The normalized spacial score (nSPS) is 18.4. The Balaban J connectivity index is 2.04. The molecule has 1 N–H and O–H groups in total. The van der Waals surface area contributed by atoms with E-state index in [1.165, 1.54) is 17.0 Å². The first-order valence-electron chi connectivity index (χ1n) is 6.62. The number of rotatable bonds is 2. The van der Waals surface area contributed by atoms with Crippen molar-refractivity contribution >= 4 is 11.3 Å². The molecule has 1 aliphatic rings. The summed E-state index contributed by atoms with van der Waals surface area (Å²) in [6, 6.07) is 5.53. The summed E-state index contributed by atoms with van der Waals surface area (Å²) in [6.45, 7) is 1.91. The summed E-state index contributed by atoms with van der Waals surface area (Å²) in [4.78, 5) is 6.04.